The van der Waals surface area contributed by atoms with Crippen LogP contribution in [-0.4, -0.2) is 62.1 Å². The number of hydrogen-bond donors (Lipinski definition) is 3. The smallest absolute Gasteiger partial charge is 0.221 e. The standard InChI is InChI=1S/C21H41N5O/c1-3-22-21(23-13-7-15-26-16-11-18(2)12-17-26)24-14-10-20(27)25-19-8-5-4-6-9-19/h18-19H,3-17H2,1-2H3,(H,25,27)(H2,22,23,24). The minimum atomic E-state index is 0.157. The van der Waals surface area contributed by atoms with Crippen molar-refractivity contribution in [1.29, 1.82) is 0 Å². The molecule has 0 radical (unpaired) electrons. The molecule has 27 heavy (non-hydrogen) atoms. The van der Waals surface area contributed by atoms with E-state index in [1.54, 1.807) is 0 Å². The van der Waals surface area contributed by atoms with Gasteiger partial charge in [0.25, 0.3) is 0 Å². The third-order valence-electron chi connectivity index (χ3n) is 5.74. The maximum Gasteiger partial charge on any atom is 0.221 e. The highest BCUT2D eigenvalue weighted by atomic mass is 16.1. The van der Waals surface area contributed by atoms with E-state index in [1.165, 1.54) is 45.2 Å². The highest BCUT2D eigenvalue weighted by Crippen LogP contribution is 2.17. The molecule has 2 aliphatic rings. The number of amides is 1. The Morgan fingerprint density at radius 2 is 1.81 bits per heavy atom. The average Bonchev–Trinajstić information content (AvgIpc) is 2.67. The van der Waals surface area contributed by atoms with Crippen molar-refractivity contribution in [3.05, 3.63) is 0 Å². The maximum absolute atomic E-state index is 12.1. The lowest BCUT2D eigenvalue weighted by Gasteiger charge is -2.29. The summed E-state index contributed by atoms with van der Waals surface area (Å²) in [6.45, 7) is 10.3. The molecule has 1 amide bonds. The van der Waals surface area contributed by atoms with Crippen LogP contribution in [0.4, 0.5) is 0 Å². The lowest BCUT2D eigenvalue weighted by Crippen LogP contribution is -2.41. The number of aliphatic imine (C=N–C) groups is 1. The van der Waals surface area contributed by atoms with E-state index in [1.807, 2.05) is 0 Å². The number of carbonyl (C=O) groups excluding carboxylic acids is 1. The molecular weight excluding hydrogens is 338 g/mol. The molecule has 0 aromatic carbocycles. The van der Waals surface area contributed by atoms with Crippen molar-refractivity contribution >= 4 is 11.9 Å². The Bertz CT molecular complexity index is 440. The van der Waals surface area contributed by atoms with Gasteiger partial charge in [0, 0.05) is 32.1 Å². The third kappa shape index (κ3) is 9.45. The zero-order valence-corrected chi connectivity index (χ0v) is 17.6. The van der Waals surface area contributed by atoms with Gasteiger partial charge in [0.05, 0.1) is 0 Å². The molecule has 6 nitrogen and oxygen atoms in total. The molecule has 0 aromatic rings. The summed E-state index contributed by atoms with van der Waals surface area (Å²) in [7, 11) is 0. The number of piperidine rings is 1. The molecule has 156 valence electrons. The van der Waals surface area contributed by atoms with Gasteiger partial charge in [-0.2, -0.15) is 0 Å². The highest BCUT2D eigenvalue weighted by Gasteiger charge is 2.16. The molecule has 1 saturated carbocycles. The summed E-state index contributed by atoms with van der Waals surface area (Å²) in [6, 6.07) is 0.394. The maximum atomic E-state index is 12.1. The summed E-state index contributed by atoms with van der Waals surface area (Å²) in [5.41, 5.74) is 0. The first-order valence-corrected chi connectivity index (χ1v) is 11.2. The lowest BCUT2D eigenvalue weighted by atomic mass is 9.95. The van der Waals surface area contributed by atoms with Crippen molar-refractivity contribution in [2.75, 3.05) is 39.3 Å². The van der Waals surface area contributed by atoms with Crippen molar-refractivity contribution in [3.8, 4) is 0 Å². The van der Waals surface area contributed by atoms with Gasteiger partial charge < -0.3 is 20.9 Å². The molecule has 3 N–H and O–H groups in total. The molecule has 0 unspecified atom stereocenters. The zero-order chi connectivity index (χ0) is 19.3. The van der Waals surface area contributed by atoms with Gasteiger partial charge in [-0.1, -0.05) is 26.2 Å². The van der Waals surface area contributed by atoms with Gasteiger partial charge in [-0.25, -0.2) is 0 Å². The van der Waals surface area contributed by atoms with Crippen molar-refractivity contribution in [1.82, 2.24) is 20.9 Å². The number of rotatable bonds is 9. The van der Waals surface area contributed by atoms with Crippen LogP contribution in [0.1, 0.15) is 71.6 Å². The van der Waals surface area contributed by atoms with E-state index < -0.39 is 0 Å². The second-order valence-corrected chi connectivity index (χ2v) is 8.22. The van der Waals surface area contributed by atoms with Crippen molar-refractivity contribution in [2.24, 2.45) is 10.9 Å². The number of guanidine groups is 1. The van der Waals surface area contributed by atoms with E-state index in [9.17, 15) is 4.79 Å². The number of likely N-dealkylation sites (tertiary alicyclic amines) is 1. The number of nitrogens with zero attached hydrogens (tertiary/aromatic N) is 2. The minimum absolute atomic E-state index is 0.157. The van der Waals surface area contributed by atoms with E-state index in [-0.39, 0.29) is 5.91 Å². The summed E-state index contributed by atoms with van der Waals surface area (Å²) >= 11 is 0. The minimum Gasteiger partial charge on any atom is -0.357 e. The van der Waals surface area contributed by atoms with E-state index in [4.69, 9.17) is 0 Å². The molecule has 2 rings (SSSR count). The average molecular weight is 380 g/mol. The Balaban J connectivity index is 1.58. The monoisotopic (exact) mass is 379 g/mol. The van der Waals surface area contributed by atoms with Gasteiger partial charge >= 0.3 is 0 Å². The van der Waals surface area contributed by atoms with Crippen LogP contribution in [0.25, 0.3) is 0 Å². The third-order valence-corrected chi connectivity index (χ3v) is 5.74. The van der Waals surface area contributed by atoms with Gasteiger partial charge in [-0.05, 0) is 64.6 Å². The molecule has 0 atom stereocenters. The van der Waals surface area contributed by atoms with Crippen LogP contribution in [0.5, 0.6) is 0 Å². The van der Waals surface area contributed by atoms with Crippen LogP contribution in [0.3, 0.4) is 0 Å². The normalized spacial score (nSPS) is 20.4. The molecule has 2 fully saturated rings. The summed E-state index contributed by atoms with van der Waals surface area (Å²) in [5, 5.41) is 9.74. The van der Waals surface area contributed by atoms with Gasteiger partial charge in [-0.15, -0.1) is 0 Å². The van der Waals surface area contributed by atoms with Crippen LogP contribution < -0.4 is 16.0 Å². The van der Waals surface area contributed by atoms with Crippen molar-refractivity contribution in [2.45, 2.75) is 77.7 Å². The lowest BCUT2D eigenvalue weighted by molar-refractivity contribution is -0.121. The molecule has 0 spiro atoms. The molecule has 1 saturated heterocycles. The van der Waals surface area contributed by atoms with Crippen LogP contribution in [0.2, 0.25) is 0 Å². The fourth-order valence-corrected chi connectivity index (χ4v) is 3.95. The van der Waals surface area contributed by atoms with E-state index in [2.05, 4.69) is 39.7 Å². The first kappa shape index (κ1) is 22.0. The topological polar surface area (TPSA) is 68.8 Å². The largest absolute Gasteiger partial charge is 0.357 e. The molecular formula is C21H41N5O. The summed E-state index contributed by atoms with van der Waals surface area (Å²) in [5.74, 6) is 1.87. The number of carbonyl (C=O) groups is 1. The van der Waals surface area contributed by atoms with E-state index >= 15 is 0 Å². The molecule has 6 heteroatoms. The van der Waals surface area contributed by atoms with Gasteiger partial charge in [0.1, 0.15) is 0 Å². The van der Waals surface area contributed by atoms with Crippen LogP contribution in [0.15, 0.2) is 4.99 Å². The fourth-order valence-electron chi connectivity index (χ4n) is 3.95. The fraction of sp³-hybridized carbons (Fsp3) is 0.905. The summed E-state index contributed by atoms with van der Waals surface area (Å²) in [6.07, 6.45) is 10.3. The predicted molar refractivity (Wildman–Crippen MR) is 113 cm³/mol. The van der Waals surface area contributed by atoms with Crippen molar-refractivity contribution < 1.29 is 4.79 Å². The SMILES string of the molecule is CCNC(=NCCCN1CCC(C)CC1)NCCC(=O)NC1CCCCC1. The van der Waals surface area contributed by atoms with Gasteiger partial charge in [0.15, 0.2) is 5.96 Å². The number of nitrogens with one attached hydrogen (secondary N) is 3. The summed E-state index contributed by atoms with van der Waals surface area (Å²) in [4.78, 5) is 19.3. The first-order chi connectivity index (χ1) is 13.2. The Morgan fingerprint density at radius 1 is 1.07 bits per heavy atom. The Kier molecular flexibility index (Phi) is 10.6. The van der Waals surface area contributed by atoms with E-state index in [0.717, 1.165) is 50.8 Å². The molecule has 0 aromatic heterocycles. The molecule has 0 bridgehead atoms. The molecule has 1 aliphatic heterocycles. The predicted octanol–water partition coefficient (Wildman–Crippen LogP) is 2.50. The molecule has 1 heterocycles. The van der Waals surface area contributed by atoms with Gasteiger partial charge in [-0.3, -0.25) is 9.79 Å². The quantitative estimate of drug-likeness (QED) is 0.327. The van der Waals surface area contributed by atoms with Crippen LogP contribution in [0, 0.1) is 5.92 Å². The molecule has 1 aliphatic carbocycles. The van der Waals surface area contributed by atoms with E-state index in [0.29, 0.717) is 19.0 Å². The number of hydrogen-bond acceptors (Lipinski definition) is 3. The highest BCUT2D eigenvalue weighted by molar-refractivity contribution is 5.81. The van der Waals surface area contributed by atoms with Gasteiger partial charge in [0.2, 0.25) is 5.91 Å². The second kappa shape index (κ2) is 13.0. The second-order valence-electron chi connectivity index (χ2n) is 8.22. The Labute approximate surface area is 165 Å². The Hall–Kier alpha value is -1.30. The van der Waals surface area contributed by atoms with Crippen LogP contribution in [-0.2, 0) is 4.79 Å². The van der Waals surface area contributed by atoms with Crippen molar-refractivity contribution in [3.63, 3.8) is 0 Å². The Morgan fingerprint density at radius 3 is 2.52 bits per heavy atom. The zero-order valence-electron chi connectivity index (χ0n) is 17.6. The van der Waals surface area contributed by atoms with Crippen LogP contribution >= 0.6 is 0 Å². The first-order valence-electron chi connectivity index (χ1n) is 11.2. The summed E-state index contributed by atoms with van der Waals surface area (Å²) < 4.78 is 0.